The molecule has 1 aliphatic rings. The molecule has 1 fully saturated rings. The van der Waals surface area contributed by atoms with E-state index in [4.69, 9.17) is 10.5 Å². The number of ether oxygens (including phenoxy) is 1. The Morgan fingerprint density at radius 1 is 1.37 bits per heavy atom. The minimum absolute atomic E-state index is 0.265. The number of fused-ring (bicyclic) bond motifs is 1. The largest absolute Gasteiger partial charge is 0.492 e. The van der Waals surface area contributed by atoms with Crippen molar-refractivity contribution in [1.82, 2.24) is 14.6 Å². The number of nitrogens with zero attached hydrogens (tertiary/aromatic N) is 5. The number of nitriles is 1. The van der Waals surface area contributed by atoms with Crippen molar-refractivity contribution in [3.8, 4) is 22.9 Å². The van der Waals surface area contributed by atoms with E-state index < -0.39 is 6.10 Å². The highest BCUT2D eigenvalue weighted by Crippen LogP contribution is 2.31. The number of aliphatic hydroxyl groups is 1. The Bertz CT molecular complexity index is 997. The number of hydrogen-bond acceptors (Lipinski definition) is 7. The van der Waals surface area contributed by atoms with Crippen LogP contribution < -0.4 is 15.4 Å². The normalized spacial score (nSPS) is 19.4. The second kappa shape index (κ2) is 6.87. The number of aromatic nitrogens is 3. The first-order chi connectivity index (χ1) is 13.1. The molecule has 0 bridgehead atoms. The van der Waals surface area contributed by atoms with E-state index in [0.29, 0.717) is 36.5 Å². The fourth-order valence-corrected chi connectivity index (χ4v) is 3.38. The van der Waals surface area contributed by atoms with Gasteiger partial charge in [0.1, 0.15) is 17.6 Å². The molecule has 0 aromatic carbocycles. The number of aliphatic hydroxyl groups excluding tert-OH is 1. The molecule has 3 N–H and O–H groups in total. The van der Waals surface area contributed by atoms with Gasteiger partial charge in [-0.1, -0.05) is 0 Å². The first kappa shape index (κ1) is 17.3. The Balaban J connectivity index is 1.75. The summed E-state index contributed by atoms with van der Waals surface area (Å²) in [5, 5.41) is 23.5. The smallest absolute Gasteiger partial charge is 0.138 e. The van der Waals surface area contributed by atoms with Crippen molar-refractivity contribution in [2.75, 3.05) is 24.6 Å². The van der Waals surface area contributed by atoms with Gasteiger partial charge < -0.3 is 20.5 Å². The molecule has 0 unspecified atom stereocenters. The molecule has 3 aromatic rings. The summed E-state index contributed by atoms with van der Waals surface area (Å²) < 4.78 is 7.29. The molecule has 2 atom stereocenters. The lowest BCUT2D eigenvalue weighted by molar-refractivity contribution is 0.180. The average molecular weight is 364 g/mol. The van der Waals surface area contributed by atoms with Crippen molar-refractivity contribution < 1.29 is 9.84 Å². The van der Waals surface area contributed by atoms with E-state index in [9.17, 15) is 10.4 Å². The van der Waals surface area contributed by atoms with Gasteiger partial charge in [0.25, 0.3) is 0 Å². The van der Waals surface area contributed by atoms with Gasteiger partial charge in [-0.05, 0) is 25.1 Å². The zero-order valence-corrected chi connectivity index (χ0v) is 14.9. The van der Waals surface area contributed by atoms with Crippen LogP contribution in [0.1, 0.15) is 12.5 Å². The molecule has 8 heteroatoms. The third-order valence-corrected chi connectivity index (χ3v) is 4.73. The first-order valence-electron chi connectivity index (χ1n) is 8.80. The van der Waals surface area contributed by atoms with Crippen molar-refractivity contribution in [3.05, 3.63) is 42.4 Å². The summed E-state index contributed by atoms with van der Waals surface area (Å²) in [6, 6.07) is 7.65. The van der Waals surface area contributed by atoms with Crippen molar-refractivity contribution in [3.63, 3.8) is 0 Å². The summed E-state index contributed by atoms with van der Waals surface area (Å²) in [5.74, 6) is 1.43. The van der Waals surface area contributed by atoms with E-state index in [1.807, 2.05) is 30.0 Å². The second-order valence-electron chi connectivity index (χ2n) is 6.53. The summed E-state index contributed by atoms with van der Waals surface area (Å²) in [5.41, 5.74) is 8.77. The van der Waals surface area contributed by atoms with E-state index in [1.54, 1.807) is 23.1 Å². The Labute approximate surface area is 156 Å². The van der Waals surface area contributed by atoms with Crippen LogP contribution in [0.4, 0.5) is 5.82 Å². The Hall–Kier alpha value is -3.15. The number of anilines is 1. The first-order valence-corrected chi connectivity index (χ1v) is 8.80. The Morgan fingerprint density at radius 2 is 2.22 bits per heavy atom. The monoisotopic (exact) mass is 364 g/mol. The minimum atomic E-state index is -0.543. The summed E-state index contributed by atoms with van der Waals surface area (Å²) in [6.07, 6.45) is 4.52. The Morgan fingerprint density at radius 3 is 2.85 bits per heavy atom. The van der Waals surface area contributed by atoms with Gasteiger partial charge in [0.05, 0.1) is 36.2 Å². The van der Waals surface area contributed by atoms with Gasteiger partial charge >= 0.3 is 0 Å². The number of β-amino-alcohol motifs (C(OH)–C–C–N with tert-alkyl or cyclic N) is 1. The molecular weight excluding hydrogens is 344 g/mol. The van der Waals surface area contributed by atoms with Crippen molar-refractivity contribution in [2.45, 2.75) is 19.1 Å². The molecule has 0 saturated carbocycles. The molecular formula is C19H20N6O2. The summed E-state index contributed by atoms with van der Waals surface area (Å²) in [6.45, 7) is 3.49. The lowest BCUT2D eigenvalue weighted by Gasteiger charge is -2.17. The van der Waals surface area contributed by atoms with E-state index in [1.165, 1.54) is 0 Å². The summed E-state index contributed by atoms with van der Waals surface area (Å²) in [7, 11) is 0. The third-order valence-electron chi connectivity index (χ3n) is 4.73. The number of nitrogens with two attached hydrogens (primary N) is 1. The highest BCUT2D eigenvalue weighted by atomic mass is 16.5. The average Bonchev–Trinajstić information content (AvgIpc) is 3.24. The fraction of sp³-hybridized carbons (Fsp3) is 0.316. The lowest BCUT2D eigenvalue weighted by Crippen LogP contribution is -2.32. The van der Waals surface area contributed by atoms with E-state index >= 15 is 0 Å². The van der Waals surface area contributed by atoms with Crippen LogP contribution >= 0.6 is 0 Å². The summed E-state index contributed by atoms with van der Waals surface area (Å²) >= 11 is 0. The standard InChI is InChI=1S/C19H20N6O2/c1-2-27-14-5-15(19-13(6-20)8-23-25(19)9-14)12-3-4-18(22-7-12)24-10-16(21)17(26)11-24/h3-5,7-9,16-17,26H,2,10-11,21H2,1H3/t16-,17-/m1/s1. The SMILES string of the molecule is CCOc1cc(-c2ccc(N3C[C@@H](N)[C@H](O)C3)nc2)c2c(C#N)cnn2c1. The molecule has 4 heterocycles. The maximum Gasteiger partial charge on any atom is 0.138 e. The second-order valence-corrected chi connectivity index (χ2v) is 6.53. The highest BCUT2D eigenvalue weighted by Gasteiger charge is 2.29. The summed E-state index contributed by atoms with van der Waals surface area (Å²) in [4.78, 5) is 6.50. The molecule has 1 aliphatic heterocycles. The van der Waals surface area contributed by atoms with Crippen LogP contribution in [0, 0.1) is 11.3 Å². The van der Waals surface area contributed by atoms with Gasteiger partial charge in [-0.3, -0.25) is 0 Å². The molecule has 1 saturated heterocycles. The molecule has 138 valence electrons. The molecule has 0 spiro atoms. The molecule has 0 radical (unpaired) electrons. The van der Waals surface area contributed by atoms with Crippen LogP contribution in [0.15, 0.2) is 36.8 Å². The fourth-order valence-electron chi connectivity index (χ4n) is 3.38. The molecule has 27 heavy (non-hydrogen) atoms. The van der Waals surface area contributed by atoms with Gasteiger partial charge in [-0.2, -0.15) is 10.4 Å². The van der Waals surface area contributed by atoms with E-state index in [0.717, 1.165) is 16.9 Å². The van der Waals surface area contributed by atoms with E-state index in [-0.39, 0.29) is 6.04 Å². The third kappa shape index (κ3) is 3.07. The topological polar surface area (TPSA) is 113 Å². The van der Waals surface area contributed by atoms with Crippen LogP contribution in [0.25, 0.3) is 16.6 Å². The van der Waals surface area contributed by atoms with Crippen molar-refractivity contribution in [1.29, 1.82) is 5.26 Å². The maximum atomic E-state index is 9.85. The van der Waals surface area contributed by atoms with Crippen LogP contribution in [-0.4, -0.2) is 51.5 Å². The van der Waals surface area contributed by atoms with Crippen LogP contribution in [-0.2, 0) is 0 Å². The molecule has 0 amide bonds. The van der Waals surface area contributed by atoms with E-state index in [2.05, 4.69) is 16.2 Å². The van der Waals surface area contributed by atoms with Gasteiger partial charge in [0.2, 0.25) is 0 Å². The molecule has 4 rings (SSSR count). The van der Waals surface area contributed by atoms with Crippen molar-refractivity contribution >= 4 is 11.3 Å². The predicted molar refractivity (Wildman–Crippen MR) is 101 cm³/mol. The molecule has 3 aromatic heterocycles. The van der Waals surface area contributed by atoms with Crippen LogP contribution in [0.3, 0.4) is 0 Å². The maximum absolute atomic E-state index is 9.85. The van der Waals surface area contributed by atoms with Gasteiger partial charge in [-0.15, -0.1) is 0 Å². The van der Waals surface area contributed by atoms with Crippen LogP contribution in [0.2, 0.25) is 0 Å². The number of hydrogen-bond donors (Lipinski definition) is 2. The van der Waals surface area contributed by atoms with Crippen molar-refractivity contribution in [2.24, 2.45) is 5.73 Å². The lowest BCUT2D eigenvalue weighted by atomic mass is 10.1. The highest BCUT2D eigenvalue weighted by molar-refractivity contribution is 5.85. The van der Waals surface area contributed by atoms with Gasteiger partial charge in [0, 0.05) is 36.5 Å². The minimum Gasteiger partial charge on any atom is -0.492 e. The molecule has 0 aliphatic carbocycles. The molecule has 8 nitrogen and oxygen atoms in total. The quantitative estimate of drug-likeness (QED) is 0.714. The number of pyridine rings is 2. The number of rotatable bonds is 4. The van der Waals surface area contributed by atoms with Gasteiger partial charge in [-0.25, -0.2) is 9.50 Å². The zero-order chi connectivity index (χ0) is 19.0. The zero-order valence-electron chi connectivity index (χ0n) is 14.9. The van der Waals surface area contributed by atoms with Gasteiger partial charge in [0.15, 0.2) is 0 Å². The Kier molecular flexibility index (Phi) is 4.39. The van der Waals surface area contributed by atoms with Crippen LogP contribution in [0.5, 0.6) is 5.75 Å². The predicted octanol–water partition coefficient (Wildman–Crippen LogP) is 1.17.